The normalized spacial score (nSPS) is 27.5. The van der Waals surface area contributed by atoms with Crippen LogP contribution in [0.1, 0.15) is 44.6 Å². The Morgan fingerprint density at radius 1 is 1.04 bits per heavy atom. The largest absolute Gasteiger partial charge is 0.391 e. The Morgan fingerprint density at radius 3 is 2.57 bits per heavy atom. The van der Waals surface area contributed by atoms with Crippen LogP contribution < -0.4 is 5.69 Å². The van der Waals surface area contributed by atoms with Crippen molar-refractivity contribution in [3.8, 4) is 0 Å². The number of para-hydroxylation sites is 2. The number of hydrogen-bond donors (Lipinski definition) is 2. The van der Waals surface area contributed by atoms with Gasteiger partial charge in [-0.3, -0.25) is 9.47 Å². The molecule has 5 heteroatoms. The second-order valence-corrected chi connectivity index (χ2v) is 7.00. The second-order valence-electron chi connectivity index (χ2n) is 7.00. The van der Waals surface area contributed by atoms with Crippen molar-refractivity contribution in [2.24, 2.45) is 0 Å². The lowest BCUT2D eigenvalue weighted by Crippen LogP contribution is -2.49. The van der Waals surface area contributed by atoms with E-state index < -0.39 is 0 Å². The number of aromatic nitrogens is 2. The Bertz CT molecular complexity index is 727. The van der Waals surface area contributed by atoms with Gasteiger partial charge in [0.1, 0.15) is 0 Å². The zero-order valence-corrected chi connectivity index (χ0v) is 13.4. The highest BCUT2D eigenvalue weighted by Gasteiger charge is 2.32. The molecule has 2 fully saturated rings. The van der Waals surface area contributed by atoms with Crippen LogP contribution in [0.5, 0.6) is 0 Å². The molecule has 0 bridgehead atoms. The van der Waals surface area contributed by atoms with Crippen molar-refractivity contribution >= 4 is 11.0 Å². The first-order chi connectivity index (χ1) is 11.2. The number of nitrogens with zero attached hydrogens (tertiary/aromatic N) is 2. The van der Waals surface area contributed by atoms with E-state index in [2.05, 4.69) is 9.88 Å². The van der Waals surface area contributed by atoms with E-state index in [1.807, 2.05) is 28.8 Å². The summed E-state index contributed by atoms with van der Waals surface area (Å²) in [5.74, 6) is 0. The first-order valence-corrected chi connectivity index (χ1v) is 8.85. The first-order valence-electron chi connectivity index (χ1n) is 8.85. The van der Waals surface area contributed by atoms with Crippen LogP contribution >= 0.6 is 0 Å². The number of nitrogens with one attached hydrogen (secondary N) is 1. The number of aliphatic hydroxyl groups is 1. The monoisotopic (exact) mass is 315 g/mol. The summed E-state index contributed by atoms with van der Waals surface area (Å²) in [7, 11) is 0. The fourth-order valence-corrected chi connectivity index (χ4v) is 4.43. The Labute approximate surface area is 135 Å². The molecule has 1 aliphatic carbocycles. The van der Waals surface area contributed by atoms with Crippen LogP contribution in [0, 0.1) is 0 Å². The van der Waals surface area contributed by atoms with E-state index in [1.165, 1.54) is 6.42 Å². The van der Waals surface area contributed by atoms with Gasteiger partial charge in [0, 0.05) is 25.2 Å². The minimum atomic E-state index is -0.170. The van der Waals surface area contributed by atoms with E-state index in [0.29, 0.717) is 6.04 Å². The van der Waals surface area contributed by atoms with Crippen LogP contribution in [0.3, 0.4) is 0 Å². The number of benzene rings is 1. The summed E-state index contributed by atoms with van der Waals surface area (Å²) in [4.78, 5) is 17.7. The molecule has 2 atom stereocenters. The third-order valence-electron chi connectivity index (χ3n) is 5.65. The smallest absolute Gasteiger partial charge is 0.326 e. The summed E-state index contributed by atoms with van der Waals surface area (Å²) in [6.45, 7) is 1.94. The molecule has 1 saturated carbocycles. The molecule has 2 N–H and O–H groups in total. The number of aliphatic hydroxyl groups excluding tert-OH is 1. The molecule has 0 amide bonds. The third-order valence-corrected chi connectivity index (χ3v) is 5.65. The molecular weight excluding hydrogens is 290 g/mol. The van der Waals surface area contributed by atoms with Gasteiger partial charge in [0.25, 0.3) is 0 Å². The van der Waals surface area contributed by atoms with Crippen molar-refractivity contribution in [2.75, 3.05) is 13.1 Å². The van der Waals surface area contributed by atoms with E-state index in [1.54, 1.807) is 0 Å². The van der Waals surface area contributed by atoms with Gasteiger partial charge < -0.3 is 10.1 Å². The summed E-state index contributed by atoms with van der Waals surface area (Å²) in [5.41, 5.74) is 1.93. The molecule has 2 heterocycles. The van der Waals surface area contributed by atoms with Crippen LogP contribution in [0.25, 0.3) is 11.0 Å². The lowest BCUT2D eigenvalue weighted by Gasteiger charge is -2.41. The highest BCUT2D eigenvalue weighted by Crippen LogP contribution is 2.30. The van der Waals surface area contributed by atoms with Gasteiger partial charge in [-0.2, -0.15) is 0 Å². The van der Waals surface area contributed by atoms with Gasteiger partial charge in [-0.25, -0.2) is 4.79 Å². The SMILES string of the molecule is O=c1[nH]c2ccccc2n1C1CCN([C@@H]2CCCC[C@H]2O)CC1. The Kier molecular flexibility index (Phi) is 3.99. The van der Waals surface area contributed by atoms with Crippen LogP contribution in [0.15, 0.2) is 29.1 Å². The average Bonchev–Trinajstić information content (AvgIpc) is 2.91. The fourth-order valence-electron chi connectivity index (χ4n) is 4.43. The molecule has 124 valence electrons. The number of fused-ring (bicyclic) bond motifs is 1. The number of likely N-dealkylation sites (tertiary alicyclic amines) is 1. The predicted molar refractivity (Wildman–Crippen MR) is 90.7 cm³/mol. The van der Waals surface area contributed by atoms with Gasteiger partial charge in [-0.05, 0) is 37.8 Å². The Morgan fingerprint density at radius 2 is 1.78 bits per heavy atom. The maximum absolute atomic E-state index is 12.3. The number of piperidine rings is 1. The lowest BCUT2D eigenvalue weighted by atomic mass is 9.89. The third kappa shape index (κ3) is 2.72. The second kappa shape index (κ2) is 6.13. The number of imidazole rings is 1. The van der Waals surface area contributed by atoms with E-state index in [-0.39, 0.29) is 17.8 Å². The van der Waals surface area contributed by atoms with Crippen molar-refractivity contribution in [2.45, 2.75) is 56.7 Å². The minimum Gasteiger partial charge on any atom is -0.391 e. The van der Waals surface area contributed by atoms with Crippen LogP contribution in [-0.2, 0) is 0 Å². The van der Waals surface area contributed by atoms with Crippen molar-refractivity contribution in [3.05, 3.63) is 34.7 Å². The maximum Gasteiger partial charge on any atom is 0.326 e. The van der Waals surface area contributed by atoms with Crippen molar-refractivity contribution < 1.29 is 5.11 Å². The topological polar surface area (TPSA) is 61.3 Å². The molecule has 23 heavy (non-hydrogen) atoms. The summed E-state index contributed by atoms with van der Waals surface area (Å²) in [6, 6.07) is 8.50. The summed E-state index contributed by atoms with van der Waals surface area (Å²) in [5, 5.41) is 10.3. The van der Waals surface area contributed by atoms with Crippen molar-refractivity contribution in [1.82, 2.24) is 14.5 Å². The zero-order valence-electron chi connectivity index (χ0n) is 13.4. The quantitative estimate of drug-likeness (QED) is 0.894. The zero-order chi connectivity index (χ0) is 15.8. The maximum atomic E-state index is 12.3. The van der Waals surface area contributed by atoms with Crippen LogP contribution in [0.2, 0.25) is 0 Å². The summed E-state index contributed by atoms with van der Waals surface area (Å²) < 4.78 is 1.93. The van der Waals surface area contributed by atoms with Gasteiger partial charge in [-0.15, -0.1) is 0 Å². The van der Waals surface area contributed by atoms with E-state index in [0.717, 1.165) is 56.2 Å². The Balaban J connectivity index is 1.51. The highest BCUT2D eigenvalue weighted by molar-refractivity contribution is 5.75. The molecule has 2 aliphatic rings. The first kappa shape index (κ1) is 15.0. The molecule has 0 unspecified atom stereocenters. The van der Waals surface area contributed by atoms with E-state index in [9.17, 15) is 9.90 Å². The number of hydrogen-bond acceptors (Lipinski definition) is 3. The van der Waals surface area contributed by atoms with E-state index >= 15 is 0 Å². The van der Waals surface area contributed by atoms with Crippen molar-refractivity contribution in [3.63, 3.8) is 0 Å². The van der Waals surface area contributed by atoms with Crippen molar-refractivity contribution in [1.29, 1.82) is 0 Å². The fraction of sp³-hybridized carbons (Fsp3) is 0.611. The molecule has 1 aliphatic heterocycles. The standard InChI is InChI=1S/C18H25N3O2/c22-17-8-4-3-7-16(17)20-11-9-13(10-12-20)21-15-6-2-1-5-14(15)19-18(21)23/h1-2,5-6,13,16-17,22H,3-4,7-12H2,(H,19,23)/t16-,17-/m1/s1. The molecule has 4 rings (SSSR count). The van der Waals surface area contributed by atoms with Crippen LogP contribution in [0.4, 0.5) is 0 Å². The molecule has 1 aromatic carbocycles. The summed E-state index contributed by atoms with van der Waals surface area (Å²) >= 11 is 0. The summed E-state index contributed by atoms with van der Waals surface area (Å²) in [6.07, 6.45) is 6.21. The molecular formula is C18H25N3O2. The lowest BCUT2D eigenvalue weighted by molar-refractivity contribution is 0.00508. The molecule has 0 radical (unpaired) electrons. The minimum absolute atomic E-state index is 0.00218. The highest BCUT2D eigenvalue weighted by atomic mass is 16.3. The number of rotatable bonds is 2. The van der Waals surface area contributed by atoms with Gasteiger partial charge in [0.2, 0.25) is 0 Å². The molecule has 1 aromatic heterocycles. The molecule has 5 nitrogen and oxygen atoms in total. The molecule has 2 aromatic rings. The van der Waals surface area contributed by atoms with Gasteiger partial charge in [0.05, 0.1) is 17.1 Å². The number of H-pyrrole nitrogens is 1. The Hall–Kier alpha value is -1.59. The molecule has 1 saturated heterocycles. The average molecular weight is 315 g/mol. The van der Waals surface area contributed by atoms with Gasteiger partial charge >= 0.3 is 5.69 Å². The van der Waals surface area contributed by atoms with E-state index in [4.69, 9.17) is 0 Å². The van der Waals surface area contributed by atoms with Gasteiger partial charge in [-0.1, -0.05) is 25.0 Å². The predicted octanol–water partition coefficient (Wildman–Crippen LogP) is 2.27. The van der Waals surface area contributed by atoms with Gasteiger partial charge in [0.15, 0.2) is 0 Å². The number of aromatic amines is 1. The van der Waals surface area contributed by atoms with Crippen LogP contribution in [-0.4, -0.2) is 44.8 Å². The molecule has 0 spiro atoms.